The van der Waals surface area contributed by atoms with E-state index in [0.717, 1.165) is 11.5 Å². The summed E-state index contributed by atoms with van der Waals surface area (Å²) in [4.78, 5) is 12.8. The Morgan fingerprint density at radius 3 is 2.67 bits per heavy atom. The van der Waals surface area contributed by atoms with Crippen LogP contribution in [0.1, 0.15) is 11.8 Å². The van der Waals surface area contributed by atoms with E-state index in [4.69, 9.17) is 0 Å². The van der Waals surface area contributed by atoms with Gasteiger partial charge in [-0.3, -0.25) is 4.79 Å². The average Bonchev–Trinajstić information content (AvgIpc) is 2.87. The summed E-state index contributed by atoms with van der Waals surface area (Å²) >= 11 is 8.67. The first-order valence-corrected chi connectivity index (χ1v) is 8.32. The van der Waals surface area contributed by atoms with Gasteiger partial charge in [0.1, 0.15) is 4.08 Å². The summed E-state index contributed by atoms with van der Waals surface area (Å²) in [6.07, 6.45) is 0. The minimum atomic E-state index is -0.0469. The maximum atomic E-state index is 11.5. The van der Waals surface area contributed by atoms with E-state index in [2.05, 4.69) is 33.4 Å². The van der Waals surface area contributed by atoms with E-state index < -0.39 is 0 Å². The maximum absolute atomic E-state index is 11.5. The predicted molar refractivity (Wildman–Crippen MR) is 74.0 cm³/mol. The summed E-state index contributed by atoms with van der Waals surface area (Å²) in [7, 11) is 0. The lowest BCUT2D eigenvalue weighted by Crippen LogP contribution is -2.27. The van der Waals surface area contributed by atoms with Gasteiger partial charge in [-0.15, -0.1) is 34.9 Å². The van der Waals surface area contributed by atoms with Crippen molar-refractivity contribution in [2.24, 2.45) is 5.92 Å². The number of carbonyl (C=O) groups excluding carboxylic acids is 1. The largest absolute Gasteiger partial charge is 0.286 e. The second-order valence-corrected chi connectivity index (χ2v) is 8.04. The van der Waals surface area contributed by atoms with Crippen LogP contribution >= 0.6 is 50.8 Å². The van der Waals surface area contributed by atoms with Gasteiger partial charge in [-0.2, -0.15) is 0 Å². The molecule has 82 valence electrons. The van der Waals surface area contributed by atoms with E-state index in [0.29, 0.717) is 0 Å². The van der Waals surface area contributed by atoms with E-state index in [1.807, 2.05) is 30.4 Å². The third-order valence-corrected chi connectivity index (χ3v) is 8.23. The summed E-state index contributed by atoms with van der Waals surface area (Å²) in [6.45, 7) is 2.02. The molecule has 0 spiro atoms. The summed E-state index contributed by atoms with van der Waals surface area (Å²) in [6, 6.07) is 4.20. The monoisotopic (exact) mass is 322 g/mol. The highest BCUT2D eigenvalue weighted by molar-refractivity contribution is 9.18. The number of hydrogen-bond donors (Lipinski definition) is 0. The van der Waals surface area contributed by atoms with Crippen molar-refractivity contribution in [2.75, 3.05) is 11.5 Å². The van der Waals surface area contributed by atoms with Crippen molar-refractivity contribution in [2.45, 2.75) is 11.0 Å². The number of thiophene rings is 1. The standard InChI is InChI=1S/C10H11BrOS3/c1-7(9(11)12)10(14-5-6-15-10)8-3-2-4-13-8/h2-4,7H,5-6H2,1H3. The molecule has 0 bridgehead atoms. The first kappa shape index (κ1) is 12.0. The molecule has 1 atom stereocenters. The van der Waals surface area contributed by atoms with Crippen LogP contribution in [0.4, 0.5) is 0 Å². The van der Waals surface area contributed by atoms with Gasteiger partial charge >= 0.3 is 0 Å². The highest BCUT2D eigenvalue weighted by atomic mass is 79.9. The minimum Gasteiger partial charge on any atom is -0.286 e. The zero-order valence-electron chi connectivity index (χ0n) is 8.23. The fourth-order valence-corrected chi connectivity index (χ4v) is 6.99. The Labute approximate surface area is 111 Å². The van der Waals surface area contributed by atoms with Crippen molar-refractivity contribution in [3.63, 3.8) is 0 Å². The van der Waals surface area contributed by atoms with Crippen LogP contribution in [0.3, 0.4) is 0 Å². The van der Waals surface area contributed by atoms with Gasteiger partial charge in [0, 0.05) is 16.4 Å². The van der Waals surface area contributed by atoms with E-state index in [9.17, 15) is 4.79 Å². The molecule has 0 aromatic carbocycles. The molecule has 0 saturated carbocycles. The molecule has 0 aliphatic carbocycles. The third kappa shape index (κ3) is 2.16. The quantitative estimate of drug-likeness (QED) is 0.785. The minimum absolute atomic E-state index is 0.0219. The molecular weight excluding hydrogens is 312 g/mol. The summed E-state index contributed by atoms with van der Waals surface area (Å²) in [5.41, 5.74) is 0. The van der Waals surface area contributed by atoms with E-state index >= 15 is 0 Å². The average molecular weight is 323 g/mol. The SMILES string of the molecule is CC(C(=O)Br)C1(c2cccs2)SCCS1. The molecule has 1 aliphatic rings. The predicted octanol–water partition coefficient (Wildman–Crippen LogP) is 3.94. The zero-order valence-corrected chi connectivity index (χ0v) is 12.3. The number of rotatable bonds is 3. The molecule has 2 rings (SSSR count). The Bertz CT molecular complexity index is 344. The number of halogens is 1. The van der Waals surface area contributed by atoms with Crippen LogP contribution in [0.2, 0.25) is 0 Å². The van der Waals surface area contributed by atoms with Crippen molar-refractivity contribution in [3.05, 3.63) is 22.4 Å². The molecular formula is C10H11BrOS3. The van der Waals surface area contributed by atoms with Crippen molar-refractivity contribution >= 4 is 55.5 Å². The molecule has 1 unspecified atom stereocenters. The molecule has 1 aromatic heterocycles. The van der Waals surface area contributed by atoms with Crippen LogP contribution in [-0.2, 0) is 8.87 Å². The normalized spacial score (nSPS) is 21.5. The second kappa shape index (κ2) is 4.82. The molecule has 5 heteroatoms. The van der Waals surface area contributed by atoms with Gasteiger partial charge in [0.2, 0.25) is 4.69 Å². The van der Waals surface area contributed by atoms with Crippen LogP contribution in [0.15, 0.2) is 17.5 Å². The van der Waals surface area contributed by atoms with E-state index in [1.165, 1.54) is 4.88 Å². The summed E-state index contributed by atoms with van der Waals surface area (Å²) < 4.78 is 0.0622. The van der Waals surface area contributed by atoms with Crippen molar-refractivity contribution < 1.29 is 4.79 Å². The number of carbonyl (C=O) groups is 1. The van der Waals surface area contributed by atoms with Crippen LogP contribution in [0, 0.1) is 5.92 Å². The Balaban J connectivity index is 2.36. The van der Waals surface area contributed by atoms with Crippen LogP contribution in [0.25, 0.3) is 0 Å². The summed E-state index contributed by atoms with van der Waals surface area (Å²) in [5.74, 6) is 2.29. The van der Waals surface area contributed by atoms with Gasteiger partial charge in [-0.25, -0.2) is 0 Å². The lowest BCUT2D eigenvalue weighted by atomic mass is 10.1. The van der Waals surface area contributed by atoms with Gasteiger partial charge < -0.3 is 0 Å². The maximum Gasteiger partial charge on any atom is 0.203 e. The zero-order chi connectivity index (χ0) is 10.9. The van der Waals surface area contributed by atoms with Gasteiger partial charge in [0.05, 0.1) is 5.92 Å². The topological polar surface area (TPSA) is 17.1 Å². The fourth-order valence-electron chi connectivity index (χ4n) is 1.66. The van der Waals surface area contributed by atoms with Gasteiger partial charge in [-0.05, 0) is 27.4 Å². The smallest absolute Gasteiger partial charge is 0.203 e. The van der Waals surface area contributed by atoms with Gasteiger partial charge in [-0.1, -0.05) is 13.0 Å². The van der Waals surface area contributed by atoms with Gasteiger partial charge in [0.15, 0.2) is 0 Å². The Hall–Kier alpha value is 0.550. The fraction of sp³-hybridized carbons (Fsp3) is 0.500. The Morgan fingerprint density at radius 2 is 2.20 bits per heavy atom. The van der Waals surface area contributed by atoms with E-state index in [-0.39, 0.29) is 14.7 Å². The first-order chi connectivity index (χ1) is 7.17. The van der Waals surface area contributed by atoms with Crippen LogP contribution < -0.4 is 0 Å². The third-order valence-electron chi connectivity index (χ3n) is 2.49. The van der Waals surface area contributed by atoms with Crippen LogP contribution in [-0.4, -0.2) is 16.2 Å². The van der Waals surface area contributed by atoms with Crippen molar-refractivity contribution in [1.29, 1.82) is 0 Å². The second-order valence-electron chi connectivity index (χ2n) is 3.37. The van der Waals surface area contributed by atoms with Crippen LogP contribution in [0.5, 0.6) is 0 Å². The molecule has 1 nitrogen and oxygen atoms in total. The lowest BCUT2D eigenvalue weighted by molar-refractivity contribution is -0.113. The van der Waals surface area contributed by atoms with Crippen molar-refractivity contribution in [1.82, 2.24) is 0 Å². The Morgan fingerprint density at radius 1 is 1.53 bits per heavy atom. The molecule has 1 fully saturated rings. The molecule has 0 amide bonds. The lowest BCUT2D eigenvalue weighted by Gasteiger charge is -2.30. The molecule has 1 aromatic rings. The first-order valence-electron chi connectivity index (χ1n) is 4.68. The number of hydrogen-bond acceptors (Lipinski definition) is 4. The van der Waals surface area contributed by atoms with E-state index in [1.54, 1.807) is 11.3 Å². The molecule has 1 saturated heterocycles. The van der Waals surface area contributed by atoms with Crippen molar-refractivity contribution in [3.8, 4) is 0 Å². The molecule has 15 heavy (non-hydrogen) atoms. The highest BCUT2D eigenvalue weighted by Crippen LogP contribution is 2.58. The molecule has 0 radical (unpaired) electrons. The molecule has 1 aliphatic heterocycles. The number of thioether (sulfide) groups is 2. The summed E-state index contributed by atoms with van der Waals surface area (Å²) in [5, 5.41) is 2.09. The molecule has 2 heterocycles. The highest BCUT2D eigenvalue weighted by Gasteiger charge is 2.45. The Kier molecular flexibility index (Phi) is 3.86. The van der Waals surface area contributed by atoms with Gasteiger partial charge in [0.25, 0.3) is 0 Å². The molecule has 0 N–H and O–H groups in total.